The van der Waals surface area contributed by atoms with Crippen LogP contribution < -0.4 is 10.2 Å². The number of imidazole rings is 2. The summed E-state index contributed by atoms with van der Waals surface area (Å²) >= 11 is 0. The summed E-state index contributed by atoms with van der Waals surface area (Å²) in [5.74, 6) is -2.83. The predicted molar refractivity (Wildman–Crippen MR) is 45.8 cm³/mol. The summed E-state index contributed by atoms with van der Waals surface area (Å²) < 4.78 is 0. The second-order valence-electron chi connectivity index (χ2n) is 2.45. The Morgan fingerprint density at radius 1 is 0.941 bits per heavy atom. The number of aromatic carboxylic acids is 2. The monoisotopic (exact) mass is 280 g/mol. The molecular formula is C8H6N4NiO4. The number of hydrogen-bond acceptors (Lipinski definition) is 6. The molecule has 0 atom stereocenters. The topological polar surface area (TPSA) is 138 Å². The third-order valence-corrected chi connectivity index (χ3v) is 1.38. The van der Waals surface area contributed by atoms with Crippen molar-refractivity contribution in [1.82, 2.24) is 19.9 Å². The number of nitrogens with zero attached hydrogens (tertiary/aromatic N) is 2. The van der Waals surface area contributed by atoms with Crippen molar-refractivity contribution < 1.29 is 36.3 Å². The number of carbonyl (C=O) groups excluding carboxylic acids is 2. The van der Waals surface area contributed by atoms with E-state index in [1.807, 2.05) is 0 Å². The van der Waals surface area contributed by atoms with Crippen molar-refractivity contribution in [2.75, 3.05) is 0 Å². The number of nitrogens with one attached hydrogen (secondary N) is 2. The molecule has 0 aliphatic carbocycles. The molecular weight excluding hydrogens is 275 g/mol. The summed E-state index contributed by atoms with van der Waals surface area (Å²) in [7, 11) is 0. The van der Waals surface area contributed by atoms with Crippen molar-refractivity contribution in [3.8, 4) is 0 Å². The molecule has 17 heavy (non-hydrogen) atoms. The van der Waals surface area contributed by atoms with E-state index >= 15 is 0 Å². The van der Waals surface area contributed by atoms with Gasteiger partial charge in [-0.3, -0.25) is 0 Å². The maximum absolute atomic E-state index is 9.86. The van der Waals surface area contributed by atoms with Crippen LogP contribution in [0, 0.1) is 0 Å². The van der Waals surface area contributed by atoms with E-state index in [0.717, 1.165) is 0 Å². The first-order valence-corrected chi connectivity index (χ1v) is 4.02. The van der Waals surface area contributed by atoms with E-state index in [1.54, 1.807) is 0 Å². The zero-order valence-electron chi connectivity index (χ0n) is 8.15. The van der Waals surface area contributed by atoms with E-state index in [0.29, 0.717) is 0 Å². The van der Waals surface area contributed by atoms with Gasteiger partial charge in [0, 0.05) is 24.8 Å². The van der Waals surface area contributed by atoms with Crippen LogP contribution in [0.2, 0.25) is 0 Å². The number of carboxylic acids is 2. The molecule has 92 valence electrons. The van der Waals surface area contributed by atoms with Crippen LogP contribution in [0.25, 0.3) is 0 Å². The maximum atomic E-state index is 9.86. The number of rotatable bonds is 2. The minimum absolute atomic E-state index is 0. The average molecular weight is 281 g/mol. The minimum Gasteiger partial charge on any atom is -0.542 e. The van der Waals surface area contributed by atoms with Crippen molar-refractivity contribution in [3.05, 3.63) is 36.4 Å². The molecule has 0 fully saturated rings. The van der Waals surface area contributed by atoms with E-state index in [-0.39, 0.29) is 28.1 Å². The van der Waals surface area contributed by atoms with Crippen LogP contribution in [0.15, 0.2) is 24.8 Å². The molecule has 0 bridgehead atoms. The fourth-order valence-corrected chi connectivity index (χ4v) is 0.754. The fraction of sp³-hybridized carbons (Fsp3) is 0. The Morgan fingerprint density at radius 3 is 1.41 bits per heavy atom. The number of hydrogen-bond donors (Lipinski definition) is 2. The second-order valence-corrected chi connectivity index (χ2v) is 2.45. The summed E-state index contributed by atoms with van der Waals surface area (Å²) in [6.07, 6.45) is 5.55. The summed E-state index contributed by atoms with van der Waals surface area (Å²) in [6.45, 7) is 0. The van der Waals surface area contributed by atoms with Gasteiger partial charge in [-0.05, 0) is 0 Å². The molecule has 0 unspecified atom stereocenters. The minimum atomic E-state index is -1.28. The quantitative estimate of drug-likeness (QED) is 0.585. The van der Waals surface area contributed by atoms with Crippen LogP contribution >= 0.6 is 0 Å². The summed E-state index contributed by atoms with van der Waals surface area (Å²) in [6, 6.07) is 0. The fourth-order valence-electron chi connectivity index (χ4n) is 0.754. The molecule has 2 aromatic rings. The number of carboxylic acid groups (broad SMARTS) is 2. The largest absolute Gasteiger partial charge is 2.00 e. The van der Waals surface area contributed by atoms with Crippen molar-refractivity contribution in [2.45, 2.75) is 0 Å². The molecule has 0 amide bonds. The van der Waals surface area contributed by atoms with Gasteiger partial charge in [-0.25, -0.2) is 9.97 Å². The Balaban J connectivity index is 0.000000284. The van der Waals surface area contributed by atoms with Gasteiger partial charge in [0.15, 0.2) is 11.6 Å². The van der Waals surface area contributed by atoms with E-state index in [2.05, 4.69) is 19.9 Å². The van der Waals surface area contributed by atoms with Crippen LogP contribution in [0.4, 0.5) is 0 Å². The molecule has 2 heterocycles. The van der Waals surface area contributed by atoms with Gasteiger partial charge >= 0.3 is 16.5 Å². The van der Waals surface area contributed by atoms with E-state index in [9.17, 15) is 19.8 Å². The summed E-state index contributed by atoms with van der Waals surface area (Å²) in [5.41, 5.74) is 0. The van der Waals surface area contributed by atoms with Crippen LogP contribution in [0.5, 0.6) is 0 Å². The van der Waals surface area contributed by atoms with Gasteiger partial charge in [-0.2, -0.15) is 0 Å². The van der Waals surface area contributed by atoms with Crippen molar-refractivity contribution in [3.63, 3.8) is 0 Å². The Kier molecular flexibility index (Phi) is 6.27. The number of carbonyl (C=O) groups is 2. The standard InChI is InChI=1S/2C4H4N2O2.Ni/c2*7-4(8)3-5-1-2-6-3;/h2*1-2H,(H,5,6)(H,7,8);/q;;+2/p-2. The smallest absolute Gasteiger partial charge is 0.542 e. The molecule has 2 aromatic heterocycles. The summed E-state index contributed by atoms with van der Waals surface area (Å²) in [5, 5.41) is 19.7. The van der Waals surface area contributed by atoms with Gasteiger partial charge < -0.3 is 29.8 Å². The van der Waals surface area contributed by atoms with E-state index in [4.69, 9.17) is 0 Å². The molecule has 0 spiro atoms. The zero-order chi connectivity index (χ0) is 12.0. The molecule has 0 aliphatic rings. The normalized spacial score (nSPS) is 8.47. The molecule has 8 nitrogen and oxygen atoms in total. The van der Waals surface area contributed by atoms with E-state index < -0.39 is 11.9 Å². The van der Waals surface area contributed by atoms with Gasteiger partial charge in [-0.1, -0.05) is 0 Å². The molecule has 0 saturated heterocycles. The van der Waals surface area contributed by atoms with Gasteiger partial charge in [-0.15, -0.1) is 0 Å². The van der Waals surface area contributed by atoms with Crippen LogP contribution in [0.1, 0.15) is 21.2 Å². The summed E-state index contributed by atoms with van der Waals surface area (Å²) in [4.78, 5) is 31.2. The molecule has 0 aromatic carbocycles. The first kappa shape index (κ1) is 14.9. The van der Waals surface area contributed by atoms with Crippen molar-refractivity contribution in [1.29, 1.82) is 0 Å². The van der Waals surface area contributed by atoms with Crippen LogP contribution in [0.3, 0.4) is 0 Å². The zero-order valence-corrected chi connectivity index (χ0v) is 9.14. The molecule has 0 radical (unpaired) electrons. The van der Waals surface area contributed by atoms with E-state index in [1.165, 1.54) is 24.8 Å². The van der Waals surface area contributed by atoms with Gasteiger partial charge in [0.05, 0.1) is 0 Å². The van der Waals surface area contributed by atoms with Crippen molar-refractivity contribution in [2.24, 2.45) is 0 Å². The van der Waals surface area contributed by atoms with Gasteiger partial charge in [0.1, 0.15) is 11.9 Å². The second kappa shape index (κ2) is 7.18. The number of H-pyrrole nitrogens is 2. The van der Waals surface area contributed by atoms with Gasteiger partial charge in [0.25, 0.3) is 0 Å². The van der Waals surface area contributed by atoms with Crippen LogP contribution in [-0.4, -0.2) is 31.9 Å². The predicted octanol–water partition coefficient (Wildman–Crippen LogP) is -2.46. The SMILES string of the molecule is O=C([O-])c1ncc[nH]1.O=C([O-])c1ncc[nH]1.[Ni+2]. The molecule has 0 saturated carbocycles. The Morgan fingerprint density at radius 2 is 1.29 bits per heavy atom. The molecule has 9 heteroatoms. The molecule has 2 rings (SSSR count). The first-order chi connectivity index (χ1) is 7.61. The Hall–Kier alpha value is -2.15. The number of aromatic amines is 2. The Bertz CT molecular complexity index is 410. The van der Waals surface area contributed by atoms with Gasteiger partial charge in [0.2, 0.25) is 0 Å². The first-order valence-electron chi connectivity index (χ1n) is 4.02. The number of aromatic nitrogens is 4. The molecule has 0 aliphatic heterocycles. The van der Waals surface area contributed by atoms with Crippen LogP contribution in [-0.2, 0) is 16.5 Å². The molecule has 2 N–H and O–H groups in total. The average Bonchev–Trinajstić information content (AvgIpc) is 2.93. The van der Waals surface area contributed by atoms with Crippen molar-refractivity contribution >= 4 is 11.9 Å². The Labute approximate surface area is 105 Å². The third-order valence-electron chi connectivity index (χ3n) is 1.38. The third kappa shape index (κ3) is 4.94. The maximum Gasteiger partial charge on any atom is 2.00 e.